The van der Waals surface area contributed by atoms with Crippen LogP contribution >= 0.6 is 11.8 Å². The lowest BCUT2D eigenvalue weighted by Crippen LogP contribution is -2.41. The number of carbonyl (C=O) groups is 2. The van der Waals surface area contributed by atoms with Crippen molar-refractivity contribution in [3.8, 4) is 0 Å². The van der Waals surface area contributed by atoms with Crippen LogP contribution in [0.3, 0.4) is 0 Å². The highest BCUT2D eigenvalue weighted by molar-refractivity contribution is 8.00. The second-order valence-electron chi connectivity index (χ2n) is 4.36. The molecule has 0 aliphatic carbocycles. The van der Waals surface area contributed by atoms with Crippen LogP contribution in [0.25, 0.3) is 0 Å². The third-order valence-corrected chi connectivity index (χ3v) is 3.76. The SMILES string of the molecule is CC[C@@H](C)NC(=O)CSCC(=O)N1CCOCC1. The molecule has 0 aromatic rings. The number of ether oxygens (including phenoxy) is 1. The van der Waals surface area contributed by atoms with Crippen molar-refractivity contribution in [3.63, 3.8) is 0 Å². The van der Waals surface area contributed by atoms with E-state index in [1.54, 1.807) is 4.90 Å². The van der Waals surface area contributed by atoms with Crippen molar-refractivity contribution < 1.29 is 14.3 Å². The van der Waals surface area contributed by atoms with E-state index in [0.717, 1.165) is 6.42 Å². The average molecular weight is 274 g/mol. The van der Waals surface area contributed by atoms with Gasteiger partial charge in [0.1, 0.15) is 0 Å². The number of hydrogen-bond acceptors (Lipinski definition) is 4. The van der Waals surface area contributed by atoms with E-state index in [1.807, 2.05) is 13.8 Å². The van der Waals surface area contributed by atoms with Gasteiger partial charge in [0.05, 0.1) is 24.7 Å². The highest BCUT2D eigenvalue weighted by Crippen LogP contribution is 2.05. The number of morpholine rings is 1. The minimum Gasteiger partial charge on any atom is -0.378 e. The van der Waals surface area contributed by atoms with Crippen LogP contribution in [-0.2, 0) is 14.3 Å². The zero-order chi connectivity index (χ0) is 13.4. The van der Waals surface area contributed by atoms with Crippen LogP contribution in [0.1, 0.15) is 20.3 Å². The largest absolute Gasteiger partial charge is 0.378 e. The molecule has 0 aromatic carbocycles. The summed E-state index contributed by atoms with van der Waals surface area (Å²) in [6.45, 7) is 6.56. The lowest BCUT2D eigenvalue weighted by Gasteiger charge is -2.26. The first-order valence-electron chi connectivity index (χ1n) is 6.36. The van der Waals surface area contributed by atoms with E-state index in [2.05, 4.69) is 5.32 Å². The normalized spacial score (nSPS) is 17.3. The molecule has 18 heavy (non-hydrogen) atoms. The van der Waals surface area contributed by atoms with E-state index in [-0.39, 0.29) is 17.9 Å². The van der Waals surface area contributed by atoms with Gasteiger partial charge >= 0.3 is 0 Å². The molecular formula is C12H22N2O3S. The molecule has 1 rings (SSSR count). The van der Waals surface area contributed by atoms with Crippen LogP contribution in [0.2, 0.25) is 0 Å². The summed E-state index contributed by atoms with van der Waals surface area (Å²) in [4.78, 5) is 25.1. The minimum atomic E-state index is 0.00382. The fraction of sp³-hybridized carbons (Fsp3) is 0.833. The molecule has 0 bridgehead atoms. The number of hydrogen-bond donors (Lipinski definition) is 1. The van der Waals surface area contributed by atoms with Crippen LogP contribution < -0.4 is 5.32 Å². The summed E-state index contributed by atoms with van der Waals surface area (Å²) in [6.07, 6.45) is 0.920. The number of nitrogens with zero attached hydrogens (tertiary/aromatic N) is 1. The molecule has 5 nitrogen and oxygen atoms in total. The lowest BCUT2D eigenvalue weighted by atomic mass is 10.3. The summed E-state index contributed by atoms with van der Waals surface area (Å²) in [5, 5.41) is 2.88. The molecule has 2 amide bonds. The van der Waals surface area contributed by atoms with Gasteiger partial charge in [-0.3, -0.25) is 9.59 Å². The molecule has 1 N–H and O–H groups in total. The fourth-order valence-corrected chi connectivity index (χ4v) is 2.28. The van der Waals surface area contributed by atoms with E-state index in [9.17, 15) is 9.59 Å². The van der Waals surface area contributed by atoms with Gasteiger partial charge in [0.25, 0.3) is 0 Å². The van der Waals surface area contributed by atoms with Gasteiger partial charge in [0.15, 0.2) is 0 Å². The molecule has 1 heterocycles. The number of thioether (sulfide) groups is 1. The molecule has 0 saturated carbocycles. The molecule has 1 fully saturated rings. The van der Waals surface area contributed by atoms with Crippen molar-refractivity contribution in [2.24, 2.45) is 0 Å². The number of nitrogens with one attached hydrogen (secondary N) is 1. The van der Waals surface area contributed by atoms with Crippen LogP contribution in [0.4, 0.5) is 0 Å². The highest BCUT2D eigenvalue weighted by atomic mass is 32.2. The maximum atomic E-state index is 11.8. The first kappa shape index (κ1) is 15.3. The second kappa shape index (κ2) is 8.37. The summed E-state index contributed by atoms with van der Waals surface area (Å²) in [5.74, 6) is 0.817. The quantitative estimate of drug-likeness (QED) is 0.766. The van der Waals surface area contributed by atoms with Crippen molar-refractivity contribution in [1.82, 2.24) is 10.2 Å². The standard InChI is InChI=1S/C12H22N2O3S/c1-3-10(2)13-11(15)8-18-9-12(16)14-4-6-17-7-5-14/h10H,3-9H2,1-2H3,(H,13,15)/t10-/m1/s1. The van der Waals surface area contributed by atoms with Gasteiger partial charge in [-0.15, -0.1) is 11.8 Å². The van der Waals surface area contributed by atoms with E-state index in [1.165, 1.54) is 11.8 Å². The third-order valence-electron chi connectivity index (χ3n) is 2.84. The van der Waals surface area contributed by atoms with Gasteiger partial charge in [0, 0.05) is 19.1 Å². The Labute approximate surface area is 113 Å². The zero-order valence-corrected chi connectivity index (χ0v) is 11.9. The fourth-order valence-electron chi connectivity index (χ4n) is 1.55. The Morgan fingerprint density at radius 1 is 1.33 bits per heavy atom. The smallest absolute Gasteiger partial charge is 0.232 e. The highest BCUT2D eigenvalue weighted by Gasteiger charge is 2.17. The Balaban J connectivity index is 2.12. The molecule has 0 aromatic heterocycles. The molecule has 0 spiro atoms. The number of carbonyl (C=O) groups excluding carboxylic acids is 2. The van der Waals surface area contributed by atoms with Crippen LogP contribution in [0.5, 0.6) is 0 Å². The number of rotatable bonds is 6. The van der Waals surface area contributed by atoms with Gasteiger partial charge < -0.3 is 15.0 Å². The van der Waals surface area contributed by atoms with Gasteiger partial charge in [-0.25, -0.2) is 0 Å². The zero-order valence-electron chi connectivity index (χ0n) is 11.1. The Kier molecular flexibility index (Phi) is 7.12. The van der Waals surface area contributed by atoms with Crippen LogP contribution in [-0.4, -0.2) is 60.6 Å². The van der Waals surface area contributed by atoms with Crippen LogP contribution in [0, 0.1) is 0 Å². The topological polar surface area (TPSA) is 58.6 Å². The van der Waals surface area contributed by atoms with Gasteiger partial charge in [0.2, 0.25) is 11.8 Å². The van der Waals surface area contributed by atoms with Gasteiger partial charge in [-0.1, -0.05) is 6.92 Å². The maximum absolute atomic E-state index is 11.8. The van der Waals surface area contributed by atoms with Crippen molar-refractivity contribution in [2.45, 2.75) is 26.3 Å². The molecule has 104 valence electrons. The molecule has 0 unspecified atom stereocenters. The molecule has 0 radical (unpaired) electrons. The molecule has 1 saturated heterocycles. The van der Waals surface area contributed by atoms with Crippen LogP contribution in [0.15, 0.2) is 0 Å². The van der Waals surface area contributed by atoms with E-state index >= 15 is 0 Å². The predicted molar refractivity (Wildman–Crippen MR) is 72.6 cm³/mol. The Morgan fingerprint density at radius 2 is 2.00 bits per heavy atom. The molecule has 1 aliphatic rings. The van der Waals surface area contributed by atoms with Crippen molar-refractivity contribution >= 4 is 23.6 Å². The first-order chi connectivity index (χ1) is 8.63. The second-order valence-corrected chi connectivity index (χ2v) is 5.35. The first-order valence-corrected chi connectivity index (χ1v) is 7.51. The Bertz CT molecular complexity index is 280. The molecule has 6 heteroatoms. The van der Waals surface area contributed by atoms with E-state index < -0.39 is 0 Å². The summed E-state index contributed by atoms with van der Waals surface area (Å²) in [6, 6.07) is 0.202. The Hall–Kier alpha value is -0.750. The van der Waals surface area contributed by atoms with E-state index in [0.29, 0.717) is 37.8 Å². The molecular weight excluding hydrogens is 252 g/mol. The summed E-state index contributed by atoms with van der Waals surface area (Å²) < 4.78 is 5.18. The molecule has 1 atom stereocenters. The average Bonchev–Trinajstić information content (AvgIpc) is 2.39. The predicted octanol–water partition coefficient (Wildman–Crippen LogP) is 0.493. The number of amides is 2. The van der Waals surface area contributed by atoms with Gasteiger partial charge in [-0.2, -0.15) is 0 Å². The minimum absolute atomic E-state index is 0.00382. The summed E-state index contributed by atoms with van der Waals surface area (Å²) >= 11 is 1.37. The maximum Gasteiger partial charge on any atom is 0.232 e. The summed E-state index contributed by atoms with van der Waals surface area (Å²) in [5.41, 5.74) is 0. The monoisotopic (exact) mass is 274 g/mol. The van der Waals surface area contributed by atoms with Crippen molar-refractivity contribution in [2.75, 3.05) is 37.8 Å². The molecule has 1 aliphatic heterocycles. The summed E-state index contributed by atoms with van der Waals surface area (Å²) in [7, 11) is 0. The third kappa shape index (κ3) is 5.73. The van der Waals surface area contributed by atoms with Gasteiger partial charge in [-0.05, 0) is 13.3 Å². The Morgan fingerprint density at radius 3 is 2.61 bits per heavy atom. The van der Waals surface area contributed by atoms with Crippen molar-refractivity contribution in [3.05, 3.63) is 0 Å². The van der Waals surface area contributed by atoms with E-state index in [4.69, 9.17) is 4.74 Å². The van der Waals surface area contributed by atoms with Crippen molar-refractivity contribution in [1.29, 1.82) is 0 Å². The lowest BCUT2D eigenvalue weighted by molar-refractivity contribution is -0.132.